The van der Waals surface area contributed by atoms with Crippen molar-refractivity contribution in [2.45, 2.75) is 32.7 Å². The molecule has 0 unspecified atom stereocenters. The van der Waals surface area contributed by atoms with Crippen LogP contribution in [0.25, 0.3) is 6.08 Å². The Morgan fingerprint density at radius 2 is 1.86 bits per heavy atom. The van der Waals surface area contributed by atoms with Gasteiger partial charge in [0, 0.05) is 5.56 Å². The quantitative estimate of drug-likeness (QED) is 0.670. The Bertz CT molecular complexity index is 968. The van der Waals surface area contributed by atoms with Gasteiger partial charge < -0.3 is 4.74 Å². The Hall–Kier alpha value is -2.60. The zero-order valence-electron chi connectivity index (χ0n) is 15.5. The maximum Gasteiger partial charge on any atom is 0.293 e. The van der Waals surface area contributed by atoms with Crippen LogP contribution in [0.2, 0.25) is 0 Å². The number of thioether (sulfide) groups is 1. The van der Waals surface area contributed by atoms with E-state index in [1.54, 1.807) is 18.2 Å². The highest BCUT2D eigenvalue weighted by molar-refractivity contribution is 8.18. The molecule has 2 aromatic rings. The Morgan fingerprint density at radius 1 is 1.14 bits per heavy atom. The minimum Gasteiger partial charge on any atom is -0.493 e. The topological polar surface area (TPSA) is 46.6 Å². The normalized spacial score (nSPS) is 17.5. The van der Waals surface area contributed by atoms with Crippen LogP contribution in [0.15, 0.2) is 41.3 Å². The van der Waals surface area contributed by atoms with Crippen molar-refractivity contribution in [3.8, 4) is 5.75 Å². The van der Waals surface area contributed by atoms with Gasteiger partial charge in [-0.15, -0.1) is 0 Å². The molecule has 144 valence electrons. The van der Waals surface area contributed by atoms with E-state index in [0.717, 1.165) is 42.3 Å². The number of hydrogen-bond acceptors (Lipinski definition) is 4. The van der Waals surface area contributed by atoms with Crippen LogP contribution in [0.4, 0.5) is 9.18 Å². The van der Waals surface area contributed by atoms with Crippen LogP contribution in [0.5, 0.6) is 5.75 Å². The van der Waals surface area contributed by atoms with Gasteiger partial charge in [-0.3, -0.25) is 14.5 Å². The minimum atomic E-state index is -0.349. The maximum atomic E-state index is 13.1. The smallest absolute Gasteiger partial charge is 0.293 e. The number of amides is 2. The molecule has 1 aliphatic heterocycles. The number of benzene rings is 2. The zero-order valence-corrected chi connectivity index (χ0v) is 16.4. The van der Waals surface area contributed by atoms with Crippen molar-refractivity contribution in [1.82, 2.24) is 4.90 Å². The Morgan fingerprint density at radius 3 is 2.57 bits per heavy atom. The molecule has 0 saturated carbocycles. The summed E-state index contributed by atoms with van der Waals surface area (Å²) in [5, 5.41) is -0.320. The number of carbonyl (C=O) groups is 2. The maximum absolute atomic E-state index is 13.1. The summed E-state index contributed by atoms with van der Waals surface area (Å²) in [5.74, 6) is 0.0635. The number of fused-ring (bicyclic) bond motifs is 1. The van der Waals surface area contributed by atoms with Crippen LogP contribution in [0.3, 0.4) is 0 Å². The molecule has 1 heterocycles. The van der Waals surface area contributed by atoms with E-state index in [2.05, 4.69) is 12.1 Å². The Balaban J connectivity index is 1.61. The van der Waals surface area contributed by atoms with Crippen LogP contribution in [0.1, 0.15) is 35.6 Å². The standard InChI is InChI=1S/C22H20FNO3S/c1-2-27-19-11-16-5-3-4-15(16)10-17(19)12-20-21(25)24(22(26)28-20)13-14-6-8-18(23)9-7-14/h6-12H,2-5,13H2,1H3. The molecule has 2 amide bonds. The van der Waals surface area contributed by atoms with Gasteiger partial charge in [0.05, 0.1) is 18.1 Å². The Kier molecular flexibility index (Phi) is 5.22. The van der Waals surface area contributed by atoms with Crippen LogP contribution in [-0.4, -0.2) is 22.7 Å². The van der Waals surface area contributed by atoms with Gasteiger partial charge in [-0.2, -0.15) is 0 Å². The molecule has 0 aromatic heterocycles. The molecule has 6 heteroatoms. The van der Waals surface area contributed by atoms with E-state index in [4.69, 9.17) is 4.74 Å². The molecule has 1 saturated heterocycles. The highest BCUT2D eigenvalue weighted by atomic mass is 32.2. The number of aryl methyl sites for hydroxylation is 2. The van der Waals surface area contributed by atoms with E-state index in [9.17, 15) is 14.0 Å². The van der Waals surface area contributed by atoms with Gasteiger partial charge in [-0.25, -0.2) is 4.39 Å². The van der Waals surface area contributed by atoms with Crippen molar-refractivity contribution in [1.29, 1.82) is 0 Å². The summed E-state index contributed by atoms with van der Waals surface area (Å²) in [4.78, 5) is 26.7. The van der Waals surface area contributed by atoms with Crippen molar-refractivity contribution in [2.75, 3.05) is 6.61 Å². The fourth-order valence-electron chi connectivity index (χ4n) is 3.56. The Labute approximate surface area is 167 Å². The van der Waals surface area contributed by atoms with Crippen LogP contribution < -0.4 is 4.74 Å². The second-order valence-electron chi connectivity index (χ2n) is 6.84. The van der Waals surface area contributed by atoms with Gasteiger partial charge in [-0.05, 0) is 85.0 Å². The van der Waals surface area contributed by atoms with Gasteiger partial charge in [0.2, 0.25) is 0 Å². The summed E-state index contributed by atoms with van der Waals surface area (Å²) in [6.07, 6.45) is 4.94. The van der Waals surface area contributed by atoms with Crippen molar-refractivity contribution < 1.29 is 18.7 Å². The second-order valence-corrected chi connectivity index (χ2v) is 7.83. The lowest BCUT2D eigenvalue weighted by Crippen LogP contribution is -2.27. The average Bonchev–Trinajstić information content (AvgIpc) is 3.23. The first-order valence-corrected chi connectivity index (χ1v) is 10.1. The molecule has 0 spiro atoms. The summed E-state index contributed by atoms with van der Waals surface area (Å²) in [7, 11) is 0. The fraction of sp³-hybridized carbons (Fsp3) is 0.273. The lowest BCUT2D eigenvalue weighted by molar-refractivity contribution is -0.123. The number of hydrogen-bond donors (Lipinski definition) is 0. The van der Waals surface area contributed by atoms with Gasteiger partial charge in [0.15, 0.2) is 0 Å². The molecule has 28 heavy (non-hydrogen) atoms. The van der Waals surface area contributed by atoms with E-state index in [1.165, 1.54) is 28.2 Å². The first-order chi connectivity index (χ1) is 13.5. The number of nitrogens with zero attached hydrogens (tertiary/aromatic N) is 1. The largest absolute Gasteiger partial charge is 0.493 e. The van der Waals surface area contributed by atoms with E-state index in [-0.39, 0.29) is 23.5 Å². The second kappa shape index (κ2) is 7.80. The lowest BCUT2D eigenvalue weighted by Gasteiger charge is -2.13. The van der Waals surface area contributed by atoms with E-state index < -0.39 is 0 Å². The summed E-state index contributed by atoms with van der Waals surface area (Å²) in [5.41, 5.74) is 4.11. The molecule has 1 fully saturated rings. The van der Waals surface area contributed by atoms with E-state index in [1.807, 2.05) is 6.92 Å². The lowest BCUT2D eigenvalue weighted by atomic mass is 10.0. The van der Waals surface area contributed by atoms with Crippen molar-refractivity contribution in [3.63, 3.8) is 0 Å². The number of rotatable bonds is 5. The number of carbonyl (C=O) groups excluding carboxylic acids is 2. The minimum absolute atomic E-state index is 0.130. The number of halogens is 1. The summed E-state index contributed by atoms with van der Waals surface area (Å²) < 4.78 is 18.8. The van der Waals surface area contributed by atoms with Gasteiger partial charge in [0.25, 0.3) is 11.1 Å². The highest BCUT2D eigenvalue weighted by Gasteiger charge is 2.35. The van der Waals surface area contributed by atoms with Crippen LogP contribution >= 0.6 is 11.8 Å². The molecule has 4 nitrogen and oxygen atoms in total. The third-order valence-electron chi connectivity index (χ3n) is 4.94. The van der Waals surface area contributed by atoms with E-state index >= 15 is 0 Å². The molecule has 0 N–H and O–H groups in total. The van der Waals surface area contributed by atoms with Gasteiger partial charge in [-0.1, -0.05) is 12.1 Å². The molecule has 0 atom stereocenters. The molecule has 4 rings (SSSR count). The highest BCUT2D eigenvalue weighted by Crippen LogP contribution is 2.37. The molecule has 0 bridgehead atoms. The molecule has 2 aliphatic rings. The monoisotopic (exact) mass is 397 g/mol. The fourth-order valence-corrected chi connectivity index (χ4v) is 4.39. The predicted octanol–water partition coefficient (Wildman–Crippen LogP) is 4.95. The van der Waals surface area contributed by atoms with E-state index in [0.29, 0.717) is 17.1 Å². The zero-order chi connectivity index (χ0) is 19.7. The van der Waals surface area contributed by atoms with Crippen LogP contribution in [0, 0.1) is 5.82 Å². The molecular weight excluding hydrogens is 377 g/mol. The molecule has 1 aliphatic carbocycles. The number of imide groups is 1. The van der Waals surface area contributed by atoms with Crippen molar-refractivity contribution in [2.24, 2.45) is 0 Å². The predicted molar refractivity (Wildman–Crippen MR) is 108 cm³/mol. The summed E-state index contributed by atoms with van der Waals surface area (Å²) >= 11 is 0.928. The van der Waals surface area contributed by atoms with Gasteiger partial charge >= 0.3 is 0 Å². The van der Waals surface area contributed by atoms with Gasteiger partial charge in [0.1, 0.15) is 11.6 Å². The molecule has 0 radical (unpaired) electrons. The SMILES string of the molecule is CCOc1cc2c(cc1C=C1SC(=O)N(Cc3ccc(F)cc3)C1=O)CCC2. The van der Waals surface area contributed by atoms with Crippen LogP contribution in [-0.2, 0) is 24.2 Å². The molecular formula is C22H20FNO3S. The average molecular weight is 397 g/mol. The summed E-state index contributed by atoms with van der Waals surface area (Å²) in [6.45, 7) is 2.59. The first kappa shape index (κ1) is 18.7. The van der Waals surface area contributed by atoms with Crippen molar-refractivity contribution >= 4 is 29.0 Å². The van der Waals surface area contributed by atoms with Crippen molar-refractivity contribution in [3.05, 3.63) is 69.4 Å². The first-order valence-electron chi connectivity index (χ1n) is 9.33. The third kappa shape index (κ3) is 3.69. The third-order valence-corrected chi connectivity index (χ3v) is 5.85. The molecule has 2 aromatic carbocycles. The summed E-state index contributed by atoms with van der Waals surface area (Å²) in [6, 6.07) is 9.93. The number of ether oxygens (including phenoxy) is 1.